The van der Waals surface area contributed by atoms with E-state index in [0.29, 0.717) is 5.56 Å². The Morgan fingerprint density at radius 3 is 2.06 bits per heavy atom. The van der Waals surface area contributed by atoms with Crippen LogP contribution in [0.1, 0.15) is 63.8 Å². The number of hydrogen-bond donors (Lipinski definition) is 3. The molecule has 0 aliphatic heterocycles. The molecule has 3 aromatic carbocycles. The zero-order valence-corrected chi connectivity index (χ0v) is 30.0. The summed E-state index contributed by atoms with van der Waals surface area (Å²) in [6, 6.07) is 18.9. The SMILES string of the molecule is CC[C@](C)(Oc1cc([C@@H](O)[C@@H](C(=O)O)N(C)C(=O)OCc2ccccc2)ccc1OCc1ccccc1)[C@H](N=[N+]=[N-])C(=O)NCC(=O)OC(C)(C)C. The van der Waals surface area contributed by atoms with Crippen LogP contribution in [0.4, 0.5) is 4.79 Å². The Bertz CT molecular complexity index is 1730. The van der Waals surface area contributed by atoms with Gasteiger partial charge in [0.05, 0.1) is 0 Å². The summed E-state index contributed by atoms with van der Waals surface area (Å²) in [5.41, 5.74) is 8.56. The molecule has 0 bridgehead atoms. The van der Waals surface area contributed by atoms with Gasteiger partial charge in [-0.15, -0.1) is 0 Å². The Morgan fingerprint density at radius 1 is 0.923 bits per heavy atom. The highest BCUT2D eigenvalue weighted by molar-refractivity contribution is 5.87. The lowest BCUT2D eigenvalue weighted by molar-refractivity contribution is -0.155. The highest BCUT2D eigenvalue weighted by Gasteiger charge is 2.41. The fourth-order valence-electron chi connectivity index (χ4n) is 4.98. The maximum atomic E-state index is 13.4. The van der Waals surface area contributed by atoms with E-state index in [2.05, 4.69) is 15.3 Å². The van der Waals surface area contributed by atoms with Crippen LogP contribution < -0.4 is 14.8 Å². The van der Waals surface area contributed by atoms with Crippen LogP contribution in [0.3, 0.4) is 0 Å². The van der Waals surface area contributed by atoms with E-state index in [9.17, 15) is 34.9 Å². The third-order valence-electron chi connectivity index (χ3n) is 7.87. The number of aliphatic hydroxyl groups is 1. The molecule has 0 saturated carbocycles. The number of likely N-dealkylation sites (N-methyl/N-ethyl adjacent to an activating group) is 1. The van der Waals surface area contributed by atoms with E-state index in [4.69, 9.17) is 18.9 Å². The van der Waals surface area contributed by atoms with Crippen molar-refractivity contribution in [1.82, 2.24) is 10.2 Å². The molecule has 3 rings (SSSR count). The van der Waals surface area contributed by atoms with Crippen molar-refractivity contribution in [1.29, 1.82) is 0 Å². The zero-order chi connectivity index (χ0) is 38.5. The molecular formula is C37H45N5O10. The van der Waals surface area contributed by atoms with Gasteiger partial charge in [-0.05, 0) is 68.5 Å². The van der Waals surface area contributed by atoms with Crippen molar-refractivity contribution < 1.29 is 48.3 Å². The molecule has 0 aliphatic carbocycles. The first-order chi connectivity index (χ1) is 24.6. The molecule has 52 heavy (non-hydrogen) atoms. The molecule has 3 aromatic rings. The number of benzene rings is 3. The third kappa shape index (κ3) is 11.6. The first kappa shape index (κ1) is 40.6. The average Bonchev–Trinajstić information content (AvgIpc) is 3.11. The predicted octanol–water partition coefficient (Wildman–Crippen LogP) is 5.71. The highest BCUT2D eigenvalue weighted by Crippen LogP contribution is 2.37. The third-order valence-corrected chi connectivity index (χ3v) is 7.87. The molecule has 3 N–H and O–H groups in total. The summed E-state index contributed by atoms with van der Waals surface area (Å²) >= 11 is 0. The summed E-state index contributed by atoms with van der Waals surface area (Å²) in [5, 5.41) is 27.7. The number of nitrogens with zero attached hydrogens (tertiary/aromatic N) is 4. The van der Waals surface area contributed by atoms with Crippen LogP contribution in [0, 0.1) is 0 Å². The van der Waals surface area contributed by atoms with Gasteiger partial charge in [0.1, 0.15) is 37.1 Å². The van der Waals surface area contributed by atoms with Crippen LogP contribution in [0.2, 0.25) is 0 Å². The molecular weight excluding hydrogens is 674 g/mol. The fraction of sp³-hybridized carbons (Fsp3) is 0.405. The lowest BCUT2D eigenvalue weighted by Crippen LogP contribution is -2.52. The number of aliphatic hydroxyl groups excluding tert-OH is 1. The van der Waals surface area contributed by atoms with Gasteiger partial charge in [-0.1, -0.05) is 78.8 Å². The van der Waals surface area contributed by atoms with Gasteiger partial charge in [-0.25, -0.2) is 9.59 Å². The van der Waals surface area contributed by atoms with Gasteiger partial charge < -0.3 is 34.5 Å². The smallest absolute Gasteiger partial charge is 0.410 e. The Balaban J connectivity index is 1.96. The minimum atomic E-state index is -1.80. The van der Waals surface area contributed by atoms with Gasteiger partial charge in [0.25, 0.3) is 0 Å². The van der Waals surface area contributed by atoms with Gasteiger partial charge in [0.15, 0.2) is 23.6 Å². The number of carbonyl (C=O) groups is 4. The minimum absolute atomic E-state index is 0.0188. The molecule has 15 heteroatoms. The summed E-state index contributed by atoms with van der Waals surface area (Å²) in [5.74, 6) is -2.93. The van der Waals surface area contributed by atoms with E-state index in [1.165, 1.54) is 32.2 Å². The maximum Gasteiger partial charge on any atom is 0.410 e. The van der Waals surface area contributed by atoms with Crippen LogP contribution in [-0.2, 0) is 37.1 Å². The number of hydrogen-bond acceptors (Lipinski definition) is 10. The molecule has 0 heterocycles. The molecule has 4 atom stereocenters. The molecule has 0 fully saturated rings. The second kappa shape index (κ2) is 18.4. The molecule has 278 valence electrons. The quantitative estimate of drug-likeness (QED) is 0.0670. The van der Waals surface area contributed by atoms with E-state index in [1.54, 1.807) is 58.0 Å². The largest absolute Gasteiger partial charge is 0.485 e. The average molecular weight is 720 g/mol. The summed E-state index contributed by atoms with van der Waals surface area (Å²) < 4.78 is 23.0. The first-order valence-corrected chi connectivity index (χ1v) is 16.5. The Morgan fingerprint density at radius 2 is 1.52 bits per heavy atom. The van der Waals surface area contributed by atoms with Crippen LogP contribution >= 0.6 is 0 Å². The van der Waals surface area contributed by atoms with Gasteiger partial charge in [0.2, 0.25) is 5.91 Å². The van der Waals surface area contributed by atoms with Crippen molar-refractivity contribution in [3.05, 3.63) is 106 Å². The van der Waals surface area contributed by atoms with Gasteiger partial charge in [-0.3, -0.25) is 14.5 Å². The lowest BCUT2D eigenvalue weighted by Gasteiger charge is -2.35. The van der Waals surface area contributed by atoms with Gasteiger partial charge in [-0.2, -0.15) is 0 Å². The number of nitrogens with one attached hydrogen (secondary N) is 1. The molecule has 2 amide bonds. The highest BCUT2D eigenvalue weighted by atomic mass is 16.6. The normalized spacial score (nSPS) is 13.9. The van der Waals surface area contributed by atoms with E-state index >= 15 is 0 Å². The van der Waals surface area contributed by atoms with Crippen molar-refractivity contribution >= 4 is 23.9 Å². The summed E-state index contributed by atoms with van der Waals surface area (Å²) in [6.45, 7) is 7.69. The Labute approximate surface area is 302 Å². The monoisotopic (exact) mass is 719 g/mol. The van der Waals surface area contributed by atoms with Gasteiger partial charge in [0, 0.05) is 12.0 Å². The van der Waals surface area contributed by atoms with Crippen LogP contribution in [0.25, 0.3) is 10.4 Å². The molecule has 0 saturated heterocycles. The van der Waals surface area contributed by atoms with Crippen LogP contribution in [0.5, 0.6) is 11.5 Å². The summed E-state index contributed by atoms with van der Waals surface area (Å²) in [6.07, 6.45) is -2.69. The topological polar surface area (TPSA) is 210 Å². The molecule has 0 aromatic heterocycles. The minimum Gasteiger partial charge on any atom is -0.485 e. The number of carboxylic acids is 1. The van der Waals surface area contributed by atoms with E-state index in [0.717, 1.165) is 10.5 Å². The number of azide groups is 1. The number of carboxylic acid groups (broad SMARTS) is 1. The van der Waals surface area contributed by atoms with Crippen LogP contribution in [-0.4, -0.2) is 75.9 Å². The van der Waals surface area contributed by atoms with Crippen LogP contribution in [0.15, 0.2) is 84.0 Å². The lowest BCUT2D eigenvalue weighted by atomic mass is 9.92. The zero-order valence-electron chi connectivity index (χ0n) is 30.0. The van der Waals surface area contributed by atoms with Crippen molar-refractivity contribution in [2.75, 3.05) is 13.6 Å². The summed E-state index contributed by atoms with van der Waals surface area (Å²) in [7, 11) is 1.19. The van der Waals surface area contributed by atoms with E-state index in [-0.39, 0.29) is 36.7 Å². The summed E-state index contributed by atoms with van der Waals surface area (Å²) in [4.78, 5) is 54.6. The number of carbonyl (C=O) groups excluding carboxylic acids is 3. The first-order valence-electron chi connectivity index (χ1n) is 16.5. The predicted molar refractivity (Wildman–Crippen MR) is 189 cm³/mol. The number of aliphatic carboxylic acids is 1. The molecule has 0 radical (unpaired) electrons. The van der Waals surface area contributed by atoms with Gasteiger partial charge >= 0.3 is 18.0 Å². The maximum absolute atomic E-state index is 13.4. The molecule has 0 unspecified atom stereocenters. The van der Waals surface area contributed by atoms with Crippen molar-refractivity contribution in [3.8, 4) is 11.5 Å². The van der Waals surface area contributed by atoms with E-state index < -0.39 is 59.9 Å². The fourth-order valence-corrected chi connectivity index (χ4v) is 4.98. The number of amides is 2. The molecule has 0 aliphatic rings. The Kier molecular flexibility index (Phi) is 14.4. The standard InChI is InChI=1S/C37H45N5O10/c1-7-37(5,32(40-41-38)33(45)39-21-29(43)52-36(2,3)4)51-28-20-26(18-19-27(28)49-22-24-14-10-8-11-15-24)31(44)30(34(46)47)42(6)35(48)50-23-25-16-12-9-13-17-25/h8-20,30-32,44H,7,21-23H2,1-6H3,(H,39,45)(H,46,47)/t30-,31+,32+,37-/m0/s1. The van der Waals surface area contributed by atoms with Crippen molar-refractivity contribution in [2.24, 2.45) is 5.11 Å². The second-order valence-electron chi connectivity index (χ2n) is 13.0. The Hall–Kier alpha value is -5.79. The number of ether oxygens (including phenoxy) is 4. The number of rotatable bonds is 17. The van der Waals surface area contributed by atoms with Crippen molar-refractivity contribution in [2.45, 2.75) is 83.6 Å². The molecule has 15 nitrogen and oxygen atoms in total. The van der Waals surface area contributed by atoms with Crippen molar-refractivity contribution in [3.63, 3.8) is 0 Å². The second-order valence-corrected chi connectivity index (χ2v) is 13.0. The van der Waals surface area contributed by atoms with E-state index in [1.807, 2.05) is 30.3 Å². The number of esters is 1. The molecule has 0 spiro atoms.